The minimum absolute atomic E-state index is 0.748. The SMILES string of the molecule is COCCCN(C)CCC(C)CCCl. The van der Waals surface area contributed by atoms with Crippen molar-refractivity contribution in [3.8, 4) is 0 Å². The Bertz CT molecular complexity index is 122. The van der Waals surface area contributed by atoms with Crippen LogP contribution in [0.2, 0.25) is 0 Å². The van der Waals surface area contributed by atoms with E-state index in [4.69, 9.17) is 16.3 Å². The first-order valence-electron chi connectivity index (χ1n) is 5.44. The van der Waals surface area contributed by atoms with Gasteiger partial charge in [0.1, 0.15) is 0 Å². The van der Waals surface area contributed by atoms with E-state index >= 15 is 0 Å². The van der Waals surface area contributed by atoms with Gasteiger partial charge in [0.2, 0.25) is 0 Å². The van der Waals surface area contributed by atoms with Crippen molar-refractivity contribution in [1.82, 2.24) is 4.90 Å². The van der Waals surface area contributed by atoms with Crippen LogP contribution < -0.4 is 0 Å². The van der Waals surface area contributed by atoms with Gasteiger partial charge in [-0.05, 0) is 38.8 Å². The Morgan fingerprint density at radius 2 is 2.00 bits per heavy atom. The zero-order valence-corrected chi connectivity index (χ0v) is 10.5. The van der Waals surface area contributed by atoms with Gasteiger partial charge in [-0.3, -0.25) is 0 Å². The van der Waals surface area contributed by atoms with Gasteiger partial charge < -0.3 is 9.64 Å². The predicted octanol–water partition coefficient (Wildman–Crippen LogP) is 2.61. The molecule has 0 aromatic heterocycles. The molecule has 0 aliphatic carbocycles. The van der Waals surface area contributed by atoms with Gasteiger partial charge in [-0.1, -0.05) is 6.92 Å². The lowest BCUT2D eigenvalue weighted by molar-refractivity contribution is 0.177. The lowest BCUT2D eigenvalue weighted by Gasteiger charge is -2.18. The Kier molecular flexibility index (Phi) is 9.90. The molecule has 0 saturated heterocycles. The largest absolute Gasteiger partial charge is 0.385 e. The highest BCUT2D eigenvalue weighted by molar-refractivity contribution is 6.17. The molecule has 0 aliphatic heterocycles. The van der Waals surface area contributed by atoms with Crippen molar-refractivity contribution < 1.29 is 4.74 Å². The summed E-state index contributed by atoms with van der Waals surface area (Å²) in [6, 6.07) is 0. The summed E-state index contributed by atoms with van der Waals surface area (Å²) in [5.41, 5.74) is 0. The van der Waals surface area contributed by atoms with Gasteiger partial charge in [-0.15, -0.1) is 11.6 Å². The van der Waals surface area contributed by atoms with Crippen molar-refractivity contribution in [3.63, 3.8) is 0 Å². The lowest BCUT2D eigenvalue weighted by atomic mass is 10.1. The number of halogens is 1. The number of methoxy groups -OCH3 is 1. The van der Waals surface area contributed by atoms with E-state index in [2.05, 4.69) is 18.9 Å². The number of rotatable bonds is 9. The normalized spacial score (nSPS) is 13.5. The molecule has 0 spiro atoms. The van der Waals surface area contributed by atoms with Crippen LogP contribution in [0, 0.1) is 5.92 Å². The van der Waals surface area contributed by atoms with Crippen LogP contribution >= 0.6 is 11.6 Å². The topological polar surface area (TPSA) is 12.5 Å². The van der Waals surface area contributed by atoms with Crippen LogP contribution in [0.25, 0.3) is 0 Å². The molecule has 0 aromatic carbocycles. The zero-order valence-electron chi connectivity index (χ0n) is 9.76. The molecule has 1 unspecified atom stereocenters. The molecule has 0 aliphatic rings. The predicted molar refractivity (Wildman–Crippen MR) is 63.1 cm³/mol. The molecule has 0 radical (unpaired) electrons. The Morgan fingerprint density at radius 3 is 2.57 bits per heavy atom. The molecule has 1 atom stereocenters. The van der Waals surface area contributed by atoms with Gasteiger partial charge in [-0.25, -0.2) is 0 Å². The average Bonchev–Trinajstić information content (AvgIpc) is 2.16. The van der Waals surface area contributed by atoms with E-state index in [1.54, 1.807) is 7.11 Å². The highest BCUT2D eigenvalue weighted by Gasteiger charge is 2.03. The summed E-state index contributed by atoms with van der Waals surface area (Å²) in [7, 11) is 3.92. The summed E-state index contributed by atoms with van der Waals surface area (Å²) >= 11 is 5.68. The Labute approximate surface area is 93.6 Å². The molecule has 2 nitrogen and oxygen atoms in total. The first kappa shape index (κ1) is 14.2. The first-order chi connectivity index (χ1) is 6.70. The summed E-state index contributed by atoms with van der Waals surface area (Å²) in [4.78, 5) is 2.36. The smallest absolute Gasteiger partial charge is 0.0474 e. The molecular formula is C11H24ClNO. The number of nitrogens with zero attached hydrogens (tertiary/aromatic N) is 1. The quantitative estimate of drug-likeness (QED) is 0.439. The molecule has 86 valence electrons. The van der Waals surface area contributed by atoms with Crippen LogP contribution in [0.5, 0.6) is 0 Å². The molecule has 0 N–H and O–H groups in total. The Balaban J connectivity index is 3.29. The summed E-state index contributed by atoms with van der Waals surface area (Å²) < 4.78 is 5.01. The maximum atomic E-state index is 5.68. The molecular weight excluding hydrogens is 198 g/mol. The summed E-state index contributed by atoms with van der Waals surface area (Å²) in [6.07, 6.45) is 3.50. The van der Waals surface area contributed by atoms with E-state index in [0.717, 1.165) is 37.8 Å². The summed E-state index contributed by atoms with van der Waals surface area (Å²) in [5.74, 6) is 1.53. The second-order valence-corrected chi connectivity index (χ2v) is 4.40. The van der Waals surface area contributed by atoms with Crippen molar-refractivity contribution in [2.24, 2.45) is 5.92 Å². The maximum Gasteiger partial charge on any atom is 0.0474 e. The minimum atomic E-state index is 0.748. The monoisotopic (exact) mass is 221 g/mol. The van der Waals surface area contributed by atoms with Crippen molar-refractivity contribution in [3.05, 3.63) is 0 Å². The number of ether oxygens (including phenoxy) is 1. The third-order valence-corrected chi connectivity index (χ3v) is 2.71. The number of hydrogen-bond acceptors (Lipinski definition) is 2. The number of alkyl halides is 1. The van der Waals surface area contributed by atoms with E-state index < -0.39 is 0 Å². The molecule has 0 fully saturated rings. The van der Waals surface area contributed by atoms with E-state index in [9.17, 15) is 0 Å². The zero-order chi connectivity index (χ0) is 10.8. The standard InChI is InChI=1S/C11H24ClNO/c1-11(5-7-12)6-9-13(2)8-4-10-14-3/h11H,4-10H2,1-3H3. The van der Waals surface area contributed by atoms with Gasteiger partial charge in [-0.2, -0.15) is 0 Å². The molecule has 0 rings (SSSR count). The van der Waals surface area contributed by atoms with Gasteiger partial charge in [0.15, 0.2) is 0 Å². The fourth-order valence-electron chi connectivity index (χ4n) is 1.36. The van der Waals surface area contributed by atoms with Gasteiger partial charge in [0.25, 0.3) is 0 Å². The molecule has 14 heavy (non-hydrogen) atoms. The molecule has 0 amide bonds. The third kappa shape index (κ3) is 8.79. The van der Waals surface area contributed by atoms with Gasteiger partial charge in [0, 0.05) is 26.1 Å². The van der Waals surface area contributed by atoms with Crippen LogP contribution in [-0.4, -0.2) is 44.6 Å². The van der Waals surface area contributed by atoms with E-state index in [-0.39, 0.29) is 0 Å². The highest BCUT2D eigenvalue weighted by atomic mass is 35.5. The van der Waals surface area contributed by atoms with Crippen molar-refractivity contribution in [2.45, 2.75) is 26.2 Å². The van der Waals surface area contributed by atoms with E-state index in [0.29, 0.717) is 0 Å². The fourth-order valence-corrected chi connectivity index (χ4v) is 1.73. The van der Waals surface area contributed by atoms with Crippen molar-refractivity contribution >= 4 is 11.6 Å². The minimum Gasteiger partial charge on any atom is -0.385 e. The first-order valence-corrected chi connectivity index (χ1v) is 5.97. The molecule has 0 aromatic rings. The van der Waals surface area contributed by atoms with Crippen LogP contribution in [0.1, 0.15) is 26.2 Å². The molecule has 0 saturated carbocycles. The van der Waals surface area contributed by atoms with Crippen molar-refractivity contribution in [1.29, 1.82) is 0 Å². The Morgan fingerprint density at radius 1 is 1.29 bits per heavy atom. The van der Waals surface area contributed by atoms with Gasteiger partial charge in [0.05, 0.1) is 0 Å². The fraction of sp³-hybridized carbons (Fsp3) is 1.00. The van der Waals surface area contributed by atoms with E-state index in [1.165, 1.54) is 13.0 Å². The second kappa shape index (κ2) is 9.75. The second-order valence-electron chi connectivity index (χ2n) is 4.02. The molecule has 3 heteroatoms. The van der Waals surface area contributed by atoms with Crippen molar-refractivity contribution in [2.75, 3.05) is 39.7 Å². The summed E-state index contributed by atoms with van der Waals surface area (Å²) in [5, 5.41) is 0. The van der Waals surface area contributed by atoms with Crippen LogP contribution in [0.4, 0.5) is 0 Å². The highest BCUT2D eigenvalue weighted by Crippen LogP contribution is 2.08. The van der Waals surface area contributed by atoms with Crippen LogP contribution in [-0.2, 0) is 4.74 Å². The van der Waals surface area contributed by atoms with E-state index in [1.807, 2.05) is 0 Å². The lowest BCUT2D eigenvalue weighted by Crippen LogP contribution is -2.23. The third-order valence-electron chi connectivity index (χ3n) is 2.49. The molecule has 0 heterocycles. The summed E-state index contributed by atoms with van der Waals surface area (Å²) in [6.45, 7) is 5.43. The van der Waals surface area contributed by atoms with Crippen LogP contribution in [0.15, 0.2) is 0 Å². The average molecular weight is 222 g/mol. The van der Waals surface area contributed by atoms with Gasteiger partial charge >= 0.3 is 0 Å². The van der Waals surface area contributed by atoms with Crippen LogP contribution in [0.3, 0.4) is 0 Å². The number of hydrogen-bond donors (Lipinski definition) is 0. The Hall–Kier alpha value is 0.210. The maximum absolute atomic E-state index is 5.68. The molecule has 0 bridgehead atoms.